The predicted octanol–water partition coefficient (Wildman–Crippen LogP) is 6.63. The van der Waals surface area contributed by atoms with Crippen LogP contribution >= 0.6 is 0 Å². The first-order valence-electron chi connectivity index (χ1n) is 15.6. The molecule has 3 heterocycles. The number of fused-ring (bicyclic) bond motifs is 5. The van der Waals surface area contributed by atoms with Crippen molar-refractivity contribution in [1.29, 1.82) is 0 Å². The summed E-state index contributed by atoms with van der Waals surface area (Å²) in [6.45, 7) is 6.85. The Kier molecular flexibility index (Phi) is 8.54. The van der Waals surface area contributed by atoms with Gasteiger partial charge in [-0.3, -0.25) is 0 Å². The molecule has 1 saturated carbocycles. The fraction of sp³-hybridized carbons (Fsp3) is 0.559. The van der Waals surface area contributed by atoms with Gasteiger partial charge >= 0.3 is 5.97 Å². The summed E-state index contributed by atoms with van der Waals surface area (Å²) < 4.78 is 13.5. The molecule has 41 heavy (non-hydrogen) atoms. The maximum absolute atomic E-state index is 12.0. The van der Waals surface area contributed by atoms with Crippen molar-refractivity contribution in [1.82, 2.24) is 9.47 Å². The molecule has 1 aromatic heterocycles. The molecule has 1 saturated heterocycles. The summed E-state index contributed by atoms with van der Waals surface area (Å²) in [5, 5.41) is 11.1. The van der Waals surface area contributed by atoms with Gasteiger partial charge in [0.2, 0.25) is 0 Å². The van der Waals surface area contributed by atoms with Crippen LogP contribution in [-0.4, -0.2) is 74.1 Å². The van der Waals surface area contributed by atoms with Crippen molar-refractivity contribution in [2.24, 2.45) is 5.92 Å². The van der Waals surface area contributed by atoms with Gasteiger partial charge in [0.05, 0.1) is 18.4 Å². The van der Waals surface area contributed by atoms with Gasteiger partial charge in [-0.05, 0) is 80.3 Å². The zero-order valence-electron chi connectivity index (χ0n) is 24.7. The van der Waals surface area contributed by atoms with Crippen molar-refractivity contribution in [2.45, 2.75) is 63.8 Å². The number of likely N-dealkylation sites (tertiary alicyclic amines) is 1. The molecule has 0 amide bonds. The highest BCUT2D eigenvalue weighted by Crippen LogP contribution is 2.48. The van der Waals surface area contributed by atoms with Crippen LogP contribution < -0.4 is 9.64 Å². The van der Waals surface area contributed by atoms with Gasteiger partial charge in [0.15, 0.2) is 0 Å². The van der Waals surface area contributed by atoms with E-state index in [0.717, 1.165) is 63.6 Å². The lowest BCUT2D eigenvalue weighted by Crippen LogP contribution is -2.41. The highest BCUT2D eigenvalue weighted by molar-refractivity contribution is 5.99. The Morgan fingerprint density at radius 1 is 0.951 bits per heavy atom. The van der Waals surface area contributed by atoms with Crippen molar-refractivity contribution in [3.05, 3.63) is 47.5 Å². The standard InChI is InChI=1S/C34H45N3O4/c1-40-20-14-24-7-6-15-35(23-24)16-17-36-18-19-37-31-21-26(34(38)39)10-12-28(31)32(25-8-4-3-5-9-25)33(37)29-13-11-27(41-2)22-30(29)36/h10-13,21-22,24-25H,3-9,14-20,23H2,1-2H3,(H,38,39)/t24-/m0/s1. The minimum atomic E-state index is -0.868. The monoisotopic (exact) mass is 559 g/mol. The van der Waals surface area contributed by atoms with E-state index < -0.39 is 5.97 Å². The number of hydrogen-bond acceptors (Lipinski definition) is 5. The van der Waals surface area contributed by atoms with E-state index >= 15 is 0 Å². The van der Waals surface area contributed by atoms with E-state index in [1.54, 1.807) is 20.3 Å². The molecule has 3 aliphatic rings. The van der Waals surface area contributed by atoms with Crippen LogP contribution in [0.25, 0.3) is 22.2 Å². The molecular formula is C34H45N3O4. The van der Waals surface area contributed by atoms with Crippen LogP contribution in [0.4, 0.5) is 5.69 Å². The highest BCUT2D eigenvalue weighted by atomic mass is 16.5. The molecule has 7 heteroatoms. The minimum Gasteiger partial charge on any atom is -0.497 e. The molecule has 0 radical (unpaired) electrons. The van der Waals surface area contributed by atoms with Gasteiger partial charge in [0.1, 0.15) is 5.75 Å². The largest absolute Gasteiger partial charge is 0.497 e. The van der Waals surface area contributed by atoms with E-state index in [1.165, 1.54) is 72.8 Å². The second-order valence-electron chi connectivity index (χ2n) is 12.2. The Morgan fingerprint density at radius 3 is 2.59 bits per heavy atom. The Hall–Kier alpha value is -3.03. The van der Waals surface area contributed by atoms with Crippen molar-refractivity contribution >= 4 is 22.6 Å². The number of carboxylic acid groups (broad SMARTS) is 1. The summed E-state index contributed by atoms with van der Waals surface area (Å²) in [4.78, 5) is 17.2. The third-order valence-corrected chi connectivity index (χ3v) is 9.78. The van der Waals surface area contributed by atoms with Crippen LogP contribution in [0.1, 0.15) is 73.2 Å². The maximum Gasteiger partial charge on any atom is 0.335 e. The van der Waals surface area contributed by atoms with E-state index in [9.17, 15) is 9.90 Å². The summed E-state index contributed by atoms with van der Waals surface area (Å²) >= 11 is 0. The number of piperidine rings is 1. The third-order valence-electron chi connectivity index (χ3n) is 9.78. The van der Waals surface area contributed by atoms with Crippen molar-refractivity contribution in [2.75, 3.05) is 58.5 Å². The Balaban J connectivity index is 1.39. The van der Waals surface area contributed by atoms with E-state index in [4.69, 9.17) is 9.47 Å². The molecule has 1 aliphatic carbocycles. The minimum absolute atomic E-state index is 0.358. The number of nitrogens with zero attached hydrogens (tertiary/aromatic N) is 3. The molecule has 0 spiro atoms. The second kappa shape index (κ2) is 12.5. The number of aromatic carboxylic acids is 1. The van der Waals surface area contributed by atoms with Crippen LogP contribution in [0, 0.1) is 5.92 Å². The van der Waals surface area contributed by atoms with E-state index in [1.807, 2.05) is 6.07 Å². The lowest BCUT2D eigenvalue weighted by Gasteiger charge is -2.35. The summed E-state index contributed by atoms with van der Waals surface area (Å²) in [5.74, 6) is 1.22. The Labute approximate surface area is 244 Å². The number of carboxylic acids is 1. The summed E-state index contributed by atoms with van der Waals surface area (Å²) in [7, 11) is 3.54. The van der Waals surface area contributed by atoms with Crippen molar-refractivity contribution < 1.29 is 19.4 Å². The lowest BCUT2D eigenvalue weighted by molar-refractivity contribution is 0.0697. The second-order valence-corrected chi connectivity index (χ2v) is 12.2. The molecule has 0 bridgehead atoms. The highest BCUT2D eigenvalue weighted by Gasteiger charge is 2.31. The topological polar surface area (TPSA) is 67.2 Å². The number of carbonyl (C=O) groups is 1. The summed E-state index contributed by atoms with van der Waals surface area (Å²) in [6, 6.07) is 12.3. The van der Waals surface area contributed by atoms with Crippen LogP contribution in [0.15, 0.2) is 36.4 Å². The fourth-order valence-corrected chi connectivity index (χ4v) is 7.65. The predicted molar refractivity (Wildman–Crippen MR) is 165 cm³/mol. The Morgan fingerprint density at radius 2 is 1.80 bits per heavy atom. The number of rotatable bonds is 9. The number of aromatic nitrogens is 1. The molecule has 1 atom stereocenters. The quantitative estimate of drug-likeness (QED) is 0.317. The molecule has 2 aliphatic heterocycles. The number of ether oxygens (including phenoxy) is 2. The normalized spacial score (nSPS) is 20.0. The molecule has 1 N–H and O–H groups in total. The average molecular weight is 560 g/mol. The van der Waals surface area contributed by atoms with Crippen LogP contribution in [-0.2, 0) is 11.3 Å². The van der Waals surface area contributed by atoms with E-state index in [2.05, 4.69) is 38.6 Å². The third kappa shape index (κ3) is 5.71. The van der Waals surface area contributed by atoms with Gasteiger partial charge in [-0.15, -0.1) is 0 Å². The molecule has 3 aromatic rings. The van der Waals surface area contributed by atoms with E-state index in [0.29, 0.717) is 17.4 Å². The number of hydrogen-bond donors (Lipinski definition) is 1. The first-order chi connectivity index (χ1) is 20.1. The lowest BCUT2D eigenvalue weighted by atomic mass is 9.81. The zero-order valence-corrected chi connectivity index (χ0v) is 24.7. The molecule has 220 valence electrons. The molecule has 0 unspecified atom stereocenters. The van der Waals surface area contributed by atoms with Crippen LogP contribution in [0.5, 0.6) is 5.75 Å². The van der Waals surface area contributed by atoms with Gasteiger partial charge < -0.3 is 28.9 Å². The van der Waals surface area contributed by atoms with Crippen molar-refractivity contribution in [3.63, 3.8) is 0 Å². The molecule has 2 aromatic carbocycles. The van der Waals surface area contributed by atoms with Crippen LogP contribution in [0.3, 0.4) is 0 Å². The van der Waals surface area contributed by atoms with Gasteiger partial charge in [0.25, 0.3) is 0 Å². The first kappa shape index (κ1) is 28.1. The van der Waals surface area contributed by atoms with E-state index in [-0.39, 0.29) is 0 Å². The average Bonchev–Trinajstić information content (AvgIpc) is 3.24. The van der Waals surface area contributed by atoms with Gasteiger partial charge in [-0.1, -0.05) is 25.3 Å². The van der Waals surface area contributed by atoms with Crippen LogP contribution in [0.2, 0.25) is 0 Å². The van der Waals surface area contributed by atoms with Crippen molar-refractivity contribution in [3.8, 4) is 17.0 Å². The smallest absolute Gasteiger partial charge is 0.335 e. The maximum atomic E-state index is 12.0. The molecular weight excluding hydrogens is 514 g/mol. The SMILES string of the molecule is COCC[C@@H]1CCCN(CCN2CCn3c(c(C4CCCCC4)c4ccc(C(=O)O)cc43)-c3ccc(OC)cc32)C1. The fourth-order valence-electron chi connectivity index (χ4n) is 7.65. The van der Waals surface area contributed by atoms with Gasteiger partial charge in [-0.2, -0.15) is 0 Å². The van der Waals surface area contributed by atoms with Gasteiger partial charge in [0, 0.05) is 74.7 Å². The van der Waals surface area contributed by atoms with Gasteiger partial charge in [-0.25, -0.2) is 4.79 Å². The summed E-state index contributed by atoms with van der Waals surface area (Å²) in [5.41, 5.74) is 6.59. The zero-order chi connectivity index (χ0) is 28.3. The number of benzene rings is 2. The molecule has 6 rings (SSSR count). The number of methoxy groups -OCH3 is 2. The molecule has 2 fully saturated rings. The number of anilines is 1. The Bertz CT molecular complexity index is 1380. The first-order valence-corrected chi connectivity index (χ1v) is 15.6. The molecule has 7 nitrogen and oxygen atoms in total. The summed E-state index contributed by atoms with van der Waals surface area (Å²) in [6.07, 6.45) is 9.91.